The van der Waals surface area contributed by atoms with Crippen molar-refractivity contribution in [2.24, 2.45) is 0 Å². The number of amides is 1. The quantitative estimate of drug-likeness (QED) is 0.504. The number of carboxylic acids is 1. The molecule has 1 aromatic carbocycles. The molecule has 1 aliphatic heterocycles. The molecule has 192 valence electrons. The zero-order valence-corrected chi connectivity index (χ0v) is 21.0. The molecule has 1 N–H and O–H groups in total. The Morgan fingerprint density at radius 3 is 2.47 bits per heavy atom. The average Bonchev–Trinajstić information content (AvgIpc) is 3.09. The summed E-state index contributed by atoms with van der Waals surface area (Å²) in [5.41, 5.74) is -0.261. The lowest BCUT2D eigenvalue weighted by molar-refractivity contribution is -0.137. The summed E-state index contributed by atoms with van der Waals surface area (Å²) in [4.78, 5) is 43.0. The number of rotatable bonds is 6. The van der Waals surface area contributed by atoms with Gasteiger partial charge in [-0.3, -0.25) is 18.7 Å². The van der Waals surface area contributed by atoms with Gasteiger partial charge in [0, 0.05) is 39.4 Å². The highest BCUT2D eigenvalue weighted by Crippen LogP contribution is 2.31. The molecule has 1 saturated heterocycles. The van der Waals surface area contributed by atoms with Crippen molar-refractivity contribution in [2.45, 2.75) is 30.3 Å². The van der Waals surface area contributed by atoms with E-state index in [2.05, 4.69) is 4.98 Å². The summed E-state index contributed by atoms with van der Waals surface area (Å²) in [5, 5.41) is 9.16. The SMILES string of the molecule is CN(C)C(=O)c1ccnc2c1n(CC(=O)O)c(=O)n2C1CCN(S(=O)(=O)c2ccc(F)cc2Cl)CC1. The zero-order valence-electron chi connectivity index (χ0n) is 19.4. The van der Waals surface area contributed by atoms with Gasteiger partial charge in [-0.25, -0.2) is 22.6 Å². The number of carbonyl (C=O) groups is 2. The Bertz CT molecular complexity index is 1530. The third kappa shape index (κ3) is 4.49. The molecule has 1 fully saturated rings. The molecule has 0 saturated carbocycles. The topological polar surface area (TPSA) is 135 Å². The highest BCUT2D eigenvalue weighted by Gasteiger charge is 2.34. The average molecular weight is 540 g/mol. The molecule has 0 aliphatic carbocycles. The number of nitrogens with zero attached hydrogens (tertiary/aromatic N) is 5. The Morgan fingerprint density at radius 2 is 1.89 bits per heavy atom. The first-order valence-corrected chi connectivity index (χ1v) is 12.7. The molecule has 3 heterocycles. The molecule has 1 amide bonds. The van der Waals surface area contributed by atoms with E-state index in [1.54, 1.807) is 0 Å². The van der Waals surface area contributed by atoms with Gasteiger partial charge in [-0.15, -0.1) is 0 Å². The summed E-state index contributed by atoms with van der Waals surface area (Å²) in [6.45, 7) is -0.595. The van der Waals surface area contributed by atoms with Crippen LogP contribution in [0.1, 0.15) is 29.2 Å². The van der Waals surface area contributed by atoms with Crippen LogP contribution in [-0.4, -0.2) is 75.9 Å². The zero-order chi connectivity index (χ0) is 26.4. The van der Waals surface area contributed by atoms with Gasteiger partial charge < -0.3 is 10.0 Å². The van der Waals surface area contributed by atoms with E-state index in [1.165, 1.54) is 40.1 Å². The van der Waals surface area contributed by atoms with E-state index in [0.29, 0.717) is 0 Å². The summed E-state index contributed by atoms with van der Waals surface area (Å²) in [6.07, 6.45) is 1.81. The van der Waals surface area contributed by atoms with E-state index < -0.39 is 46.0 Å². The minimum Gasteiger partial charge on any atom is -0.480 e. The normalized spacial score (nSPS) is 15.3. The van der Waals surface area contributed by atoms with Gasteiger partial charge in [0.2, 0.25) is 10.0 Å². The van der Waals surface area contributed by atoms with Crippen molar-refractivity contribution >= 4 is 44.7 Å². The van der Waals surface area contributed by atoms with Crippen molar-refractivity contribution in [1.29, 1.82) is 0 Å². The summed E-state index contributed by atoms with van der Waals surface area (Å²) in [6, 6.07) is 3.98. The second kappa shape index (κ2) is 9.64. The van der Waals surface area contributed by atoms with Gasteiger partial charge >= 0.3 is 11.7 Å². The van der Waals surface area contributed by atoms with Crippen molar-refractivity contribution < 1.29 is 27.5 Å². The van der Waals surface area contributed by atoms with Crippen molar-refractivity contribution in [3.8, 4) is 0 Å². The van der Waals surface area contributed by atoms with E-state index in [9.17, 15) is 32.3 Å². The first-order chi connectivity index (χ1) is 16.9. The molecule has 1 aliphatic rings. The van der Waals surface area contributed by atoms with Crippen LogP contribution < -0.4 is 5.69 Å². The molecule has 0 spiro atoms. The Hall–Kier alpha value is -3.29. The number of hydrogen-bond acceptors (Lipinski definition) is 6. The number of imidazole rings is 1. The molecule has 3 aromatic rings. The lowest BCUT2D eigenvalue weighted by Crippen LogP contribution is -2.41. The number of aromatic nitrogens is 3. The van der Waals surface area contributed by atoms with Crippen molar-refractivity contribution in [3.63, 3.8) is 0 Å². The summed E-state index contributed by atoms with van der Waals surface area (Å²) in [5.74, 6) is -2.34. The molecule has 0 atom stereocenters. The fourth-order valence-electron chi connectivity index (χ4n) is 4.39. The molecule has 14 heteroatoms. The number of fused-ring (bicyclic) bond motifs is 1. The first-order valence-electron chi connectivity index (χ1n) is 10.9. The maximum Gasteiger partial charge on any atom is 0.331 e. The van der Waals surface area contributed by atoms with E-state index >= 15 is 0 Å². The van der Waals surface area contributed by atoms with Crippen molar-refractivity contribution in [2.75, 3.05) is 27.2 Å². The van der Waals surface area contributed by atoms with E-state index in [1.807, 2.05) is 0 Å². The third-order valence-electron chi connectivity index (χ3n) is 6.07. The van der Waals surface area contributed by atoms with Gasteiger partial charge in [0.1, 0.15) is 22.8 Å². The van der Waals surface area contributed by atoms with Crippen LogP contribution in [0.5, 0.6) is 0 Å². The van der Waals surface area contributed by atoms with Gasteiger partial charge in [0.15, 0.2) is 5.65 Å². The predicted molar refractivity (Wildman–Crippen MR) is 128 cm³/mol. The number of hydrogen-bond donors (Lipinski definition) is 1. The van der Waals surface area contributed by atoms with Crippen LogP contribution in [0.4, 0.5) is 4.39 Å². The molecule has 11 nitrogen and oxygen atoms in total. The molecule has 0 radical (unpaired) electrons. The largest absolute Gasteiger partial charge is 0.480 e. The van der Waals surface area contributed by atoms with Gasteiger partial charge in [-0.05, 0) is 37.1 Å². The Balaban J connectivity index is 1.71. The second-order valence-electron chi connectivity index (χ2n) is 8.57. The van der Waals surface area contributed by atoms with Crippen molar-refractivity contribution in [1.82, 2.24) is 23.3 Å². The molecule has 36 heavy (non-hydrogen) atoms. The lowest BCUT2D eigenvalue weighted by atomic mass is 10.1. The maximum atomic E-state index is 13.4. The second-order valence-corrected chi connectivity index (χ2v) is 10.9. The fourth-order valence-corrected chi connectivity index (χ4v) is 6.37. The fraction of sp³-hybridized carbons (Fsp3) is 0.364. The molecular weight excluding hydrogens is 517 g/mol. The van der Waals surface area contributed by atoms with Crippen molar-refractivity contribution in [3.05, 3.63) is 57.3 Å². The summed E-state index contributed by atoms with van der Waals surface area (Å²) in [7, 11) is -0.934. The predicted octanol–water partition coefficient (Wildman–Crippen LogP) is 1.80. The smallest absolute Gasteiger partial charge is 0.331 e. The van der Waals surface area contributed by atoms with E-state index in [-0.39, 0.29) is 52.6 Å². The number of aliphatic carboxylic acids is 1. The lowest BCUT2D eigenvalue weighted by Gasteiger charge is -2.31. The number of carboxylic acid groups (broad SMARTS) is 1. The van der Waals surface area contributed by atoms with Crippen LogP contribution in [-0.2, 0) is 21.4 Å². The molecule has 4 rings (SSSR count). The number of carbonyl (C=O) groups excluding carboxylic acids is 1. The van der Waals surface area contributed by atoms with Crippen LogP contribution in [0.3, 0.4) is 0 Å². The minimum absolute atomic E-state index is 0.0368. The first kappa shape index (κ1) is 25.8. The molecule has 2 aromatic heterocycles. The van der Waals surface area contributed by atoms with Crippen LogP contribution in [0.2, 0.25) is 5.02 Å². The number of halogens is 2. The number of benzene rings is 1. The Kier molecular flexibility index (Phi) is 6.90. The standard InChI is InChI=1S/C22H23ClFN5O6S/c1-26(2)21(32)15-5-8-25-20-19(15)28(12-18(30)31)22(33)29(20)14-6-9-27(10-7-14)36(34,35)17-4-3-13(24)11-16(17)23/h3-5,8,11,14H,6-7,9-10,12H2,1-2H3,(H,30,31). The minimum atomic E-state index is -4.01. The van der Waals surface area contributed by atoms with Crippen LogP contribution in [0.15, 0.2) is 40.2 Å². The summed E-state index contributed by atoms with van der Waals surface area (Å²) < 4.78 is 43.1. The number of piperidine rings is 1. The van der Waals surface area contributed by atoms with E-state index in [0.717, 1.165) is 22.8 Å². The summed E-state index contributed by atoms with van der Waals surface area (Å²) >= 11 is 5.97. The van der Waals surface area contributed by atoms with Gasteiger partial charge in [-0.1, -0.05) is 11.6 Å². The van der Waals surface area contributed by atoms with Crippen LogP contribution >= 0.6 is 11.6 Å². The van der Waals surface area contributed by atoms with Crippen LogP contribution in [0.25, 0.3) is 11.2 Å². The molecular formula is C22H23ClFN5O6S. The van der Waals surface area contributed by atoms with E-state index in [4.69, 9.17) is 11.6 Å². The highest BCUT2D eigenvalue weighted by atomic mass is 35.5. The Labute approximate surface area is 210 Å². The Morgan fingerprint density at radius 1 is 1.22 bits per heavy atom. The monoisotopic (exact) mass is 539 g/mol. The molecule has 0 bridgehead atoms. The number of pyridine rings is 1. The van der Waals surface area contributed by atoms with Gasteiger partial charge in [0.05, 0.1) is 10.6 Å². The highest BCUT2D eigenvalue weighted by molar-refractivity contribution is 7.89. The maximum absolute atomic E-state index is 13.4. The third-order valence-corrected chi connectivity index (χ3v) is 8.45. The number of sulfonamides is 1. The van der Waals surface area contributed by atoms with Crippen LogP contribution in [0, 0.1) is 5.82 Å². The van der Waals surface area contributed by atoms with Gasteiger partial charge in [-0.2, -0.15) is 4.31 Å². The van der Waals surface area contributed by atoms with Gasteiger partial charge in [0.25, 0.3) is 5.91 Å². The molecule has 0 unspecified atom stereocenters.